The molecule has 110 valence electrons. The van der Waals surface area contributed by atoms with Gasteiger partial charge in [-0.05, 0) is 48.9 Å². The van der Waals surface area contributed by atoms with Gasteiger partial charge in [-0.15, -0.1) is 11.8 Å². The lowest BCUT2D eigenvalue weighted by Gasteiger charge is -2.14. The van der Waals surface area contributed by atoms with Gasteiger partial charge in [-0.25, -0.2) is 4.39 Å². The largest absolute Gasteiger partial charge is 0.349 e. The average Bonchev–Trinajstić information content (AvgIpc) is 2.47. The Morgan fingerprint density at radius 1 is 1.19 bits per heavy atom. The molecule has 2 aromatic rings. The maximum atomic E-state index is 12.8. The highest BCUT2D eigenvalue weighted by Crippen LogP contribution is 2.19. The fourth-order valence-corrected chi connectivity index (χ4v) is 2.63. The van der Waals surface area contributed by atoms with Crippen LogP contribution in [0.5, 0.6) is 0 Å². The zero-order chi connectivity index (χ0) is 15.2. The standard InChI is InChI=1S/C16H15ClFNOS/c1-11(12-2-4-13(17)5-3-12)19-16(20)10-21-15-8-6-14(18)7-9-15/h2-9,11H,10H2,1H3,(H,19,20). The second-order valence-corrected chi connectivity index (χ2v) is 6.07. The van der Waals surface area contributed by atoms with Crippen molar-refractivity contribution in [2.45, 2.75) is 17.9 Å². The first-order valence-electron chi connectivity index (χ1n) is 6.48. The van der Waals surface area contributed by atoms with E-state index in [1.165, 1.54) is 23.9 Å². The Bertz CT molecular complexity index is 601. The van der Waals surface area contributed by atoms with Crippen LogP contribution in [-0.4, -0.2) is 11.7 Å². The molecule has 0 heterocycles. The summed E-state index contributed by atoms with van der Waals surface area (Å²) >= 11 is 7.21. The molecule has 0 aliphatic carbocycles. The summed E-state index contributed by atoms with van der Waals surface area (Å²) in [6.45, 7) is 1.92. The van der Waals surface area contributed by atoms with Crippen LogP contribution in [0.2, 0.25) is 5.02 Å². The number of carbonyl (C=O) groups is 1. The van der Waals surface area contributed by atoms with E-state index in [0.717, 1.165) is 10.5 Å². The molecule has 0 aliphatic heterocycles. The van der Waals surface area contributed by atoms with Crippen molar-refractivity contribution < 1.29 is 9.18 Å². The van der Waals surface area contributed by atoms with Gasteiger partial charge in [-0.1, -0.05) is 23.7 Å². The van der Waals surface area contributed by atoms with Crippen molar-refractivity contribution in [3.8, 4) is 0 Å². The van der Waals surface area contributed by atoms with Crippen molar-refractivity contribution in [2.24, 2.45) is 0 Å². The summed E-state index contributed by atoms with van der Waals surface area (Å²) in [4.78, 5) is 12.8. The number of hydrogen-bond donors (Lipinski definition) is 1. The van der Waals surface area contributed by atoms with E-state index in [1.54, 1.807) is 24.3 Å². The zero-order valence-electron chi connectivity index (χ0n) is 11.5. The fourth-order valence-electron chi connectivity index (χ4n) is 1.80. The summed E-state index contributed by atoms with van der Waals surface area (Å²) < 4.78 is 12.8. The van der Waals surface area contributed by atoms with Gasteiger partial charge in [-0.2, -0.15) is 0 Å². The molecule has 0 saturated carbocycles. The highest BCUT2D eigenvalue weighted by Gasteiger charge is 2.09. The molecule has 2 aromatic carbocycles. The van der Waals surface area contributed by atoms with Gasteiger partial charge >= 0.3 is 0 Å². The third-order valence-electron chi connectivity index (χ3n) is 2.93. The number of rotatable bonds is 5. The van der Waals surface area contributed by atoms with Crippen molar-refractivity contribution in [3.63, 3.8) is 0 Å². The van der Waals surface area contributed by atoms with E-state index in [4.69, 9.17) is 11.6 Å². The lowest BCUT2D eigenvalue weighted by molar-refractivity contribution is -0.119. The minimum Gasteiger partial charge on any atom is -0.349 e. The van der Waals surface area contributed by atoms with Crippen molar-refractivity contribution >= 4 is 29.3 Å². The highest BCUT2D eigenvalue weighted by atomic mass is 35.5. The van der Waals surface area contributed by atoms with Crippen LogP contribution >= 0.6 is 23.4 Å². The molecule has 1 amide bonds. The van der Waals surface area contributed by atoms with Gasteiger partial charge in [-0.3, -0.25) is 4.79 Å². The lowest BCUT2D eigenvalue weighted by Crippen LogP contribution is -2.28. The molecule has 1 atom stereocenters. The van der Waals surface area contributed by atoms with Crippen LogP contribution in [0.3, 0.4) is 0 Å². The van der Waals surface area contributed by atoms with E-state index in [0.29, 0.717) is 10.8 Å². The molecule has 0 spiro atoms. The van der Waals surface area contributed by atoms with E-state index in [2.05, 4.69) is 5.32 Å². The average molecular weight is 324 g/mol. The van der Waals surface area contributed by atoms with Crippen molar-refractivity contribution in [3.05, 3.63) is 64.9 Å². The Labute approximate surface area is 132 Å². The second-order valence-electron chi connectivity index (χ2n) is 4.58. The first-order valence-corrected chi connectivity index (χ1v) is 7.84. The van der Waals surface area contributed by atoms with Crippen LogP contribution in [0.1, 0.15) is 18.5 Å². The van der Waals surface area contributed by atoms with Gasteiger partial charge < -0.3 is 5.32 Å². The topological polar surface area (TPSA) is 29.1 Å². The van der Waals surface area contributed by atoms with Crippen LogP contribution in [0, 0.1) is 5.82 Å². The number of amides is 1. The Balaban J connectivity index is 1.83. The minimum atomic E-state index is -0.278. The van der Waals surface area contributed by atoms with Gasteiger partial charge in [0.05, 0.1) is 11.8 Å². The first-order chi connectivity index (χ1) is 10.0. The number of thioether (sulfide) groups is 1. The summed E-state index contributed by atoms with van der Waals surface area (Å²) in [5, 5.41) is 3.59. The van der Waals surface area contributed by atoms with E-state index >= 15 is 0 Å². The van der Waals surface area contributed by atoms with Crippen LogP contribution < -0.4 is 5.32 Å². The molecule has 2 nitrogen and oxygen atoms in total. The summed E-state index contributed by atoms with van der Waals surface area (Å²) in [5.74, 6) is -0.0456. The van der Waals surface area contributed by atoms with E-state index in [9.17, 15) is 9.18 Å². The van der Waals surface area contributed by atoms with Crippen LogP contribution in [0.4, 0.5) is 4.39 Å². The maximum absolute atomic E-state index is 12.8. The third kappa shape index (κ3) is 5.06. The Morgan fingerprint density at radius 2 is 1.81 bits per heavy atom. The van der Waals surface area contributed by atoms with Crippen molar-refractivity contribution in [1.29, 1.82) is 0 Å². The Hall–Kier alpha value is -1.52. The van der Waals surface area contributed by atoms with E-state index < -0.39 is 0 Å². The number of benzene rings is 2. The van der Waals surface area contributed by atoms with Crippen LogP contribution in [0.25, 0.3) is 0 Å². The van der Waals surface area contributed by atoms with Gasteiger partial charge in [0.15, 0.2) is 0 Å². The first kappa shape index (κ1) is 15.9. The maximum Gasteiger partial charge on any atom is 0.230 e. The number of halogens is 2. The molecule has 0 bridgehead atoms. The minimum absolute atomic E-state index is 0.0632. The predicted octanol–water partition coefficient (Wildman–Crippen LogP) is 4.45. The van der Waals surface area contributed by atoms with Crippen LogP contribution in [-0.2, 0) is 4.79 Å². The van der Waals surface area contributed by atoms with E-state index in [-0.39, 0.29) is 17.8 Å². The summed E-state index contributed by atoms with van der Waals surface area (Å²) in [7, 11) is 0. The molecule has 0 aromatic heterocycles. The lowest BCUT2D eigenvalue weighted by atomic mass is 10.1. The van der Waals surface area contributed by atoms with Gasteiger partial charge in [0.2, 0.25) is 5.91 Å². The van der Waals surface area contributed by atoms with Crippen molar-refractivity contribution in [2.75, 3.05) is 5.75 Å². The molecule has 0 radical (unpaired) electrons. The molecule has 1 unspecified atom stereocenters. The molecular weight excluding hydrogens is 309 g/mol. The summed E-state index contributed by atoms with van der Waals surface area (Å²) in [6.07, 6.45) is 0. The Morgan fingerprint density at radius 3 is 2.43 bits per heavy atom. The van der Waals surface area contributed by atoms with Crippen LogP contribution in [0.15, 0.2) is 53.4 Å². The molecule has 2 rings (SSSR count). The van der Waals surface area contributed by atoms with Crippen molar-refractivity contribution in [1.82, 2.24) is 5.32 Å². The smallest absolute Gasteiger partial charge is 0.230 e. The molecule has 21 heavy (non-hydrogen) atoms. The normalized spacial score (nSPS) is 12.0. The highest BCUT2D eigenvalue weighted by molar-refractivity contribution is 8.00. The van der Waals surface area contributed by atoms with Gasteiger partial charge in [0.25, 0.3) is 0 Å². The number of carbonyl (C=O) groups excluding carboxylic acids is 1. The SMILES string of the molecule is CC(NC(=O)CSc1ccc(F)cc1)c1ccc(Cl)cc1. The molecule has 0 saturated heterocycles. The number of hydrogen-bond acceptors (Lipinski definition) is 2. The third-order valence-corrected chi connectivity index (χ3v) is 4.20. The quantitative estimate of drug-likeness (QED) is 0.824. The fraction of sp³-hybridized carbons (Fsp3) is 0.188. The number of nitrogens with one attached hydrogen (secondary N) is 1. The summed E-state index contributed by atoms with van der Waals surface area (Å²) in [6, 6.07) is 13.4. The van der Waals surface area contributed by atoms with Gasteiger partial charge in [0, 0.05) is 9.92 Å². The molecule has 1 N–H and O–H groups in total. The van der Waals surface area contributed by atoms with Gasteiger partial charge in [0.1, 0.15) is 5.82 Å². The molecular formula is C16H15ClFNOS. The second kappa shape index (κ2) is 7.48. The summed E-state index contributed by atoms with van der Waals surface area (Å²) in [5.41, 5.74) is 1.000. The Kier molecular flexibility index (Phi) is 5.65. The monoisotopic (exact) mass is 323 g/mol. The van der Waals surface area contributed by atoms with E-state index in [1.807, 2.05) is 19.1 Å². The molecule has 0 fully saturated rings. The predicted molar refractivity (Wildman–Crippen MR) is 85.1 cm³/mol. The molecule has 0 aliphatic rings. The zero-order valence-corrected chi connectivity index (χ0v) is 13.0. The molecule has 5 heteroatoms.